The first-order valence-electron chi connectivity index (χ1n) is 8.53. The van der Waals surface area contributed by atoms with Crippen molar-refractivity contribution in [3.8, 4) is 0 Å². The zero-order valence-corrected chi connectivity index (χ0v) is 17.6. The van der Waals surface area contributed by atoms with Crippen molar-refractivity contribution in [1.29, 1.82) is 0 Å². The molecule has 2 aromatic carbocycles. The quantitative estimate of drug-likeness (QED) is 0.421. The van der Waals surface area contributed by atoms with Crippen molar-refractivity contribution < 1.29 is 26.1 Å². The number of rotatable bonds is 4. The molecule has 160 valence electrons. The van der Waals surface area contributed by atoms with Crippen molar-refractivity contribution in [1.82, 2.24) is 10.1 Å². The van der Waals surface area contributed by atoms with E-state index in [1.54, 1.807) is 0 Å². The van der Waals surface area contributed by atoms with Gasteiger partial charge < -0.3 is 9.51 Å². The Bertz CT molecular complexity index is 1430. The van der Waals surface area contributed by atoms with Crippen LogP contribution in [-0.2, 0) is 16.2 Å². The summed E-state index contributed by atoms with van der Waals surface area (Å²) in [5.74, 6) is -0.151. The van der Waals surface area contributed by atoms with E-state index in [0.717, 1.165) is 28.8 Å². The van der Waals surface area contributed by atoms with Gasteiger partial charge in [-0.2, -0.15) is 13.2 Å². The van der Waals surface area contributed by atoms with Crippen molar-refractivity contribution in [2.24, 2.45) is 0 Å². The highest BCUT2D eigenvalue weighted by Crippen LogP contribution is 2.40. The Balaban J connectivity index is 1.89. The van der Waals surface area contributed by atoms with Crippen LogP contribution in [0.1, 0.15) is 5.56 Å². The molecule has 0 radical (unpaired) electrons. The number of halogens is 4. The van der Waals surface area contributed by atoms with E-state index in [1.165, 1.54) is 36.4 Å². The van der Waals surface area contributed by atoms with Crippen LogP contribution in [-0.4, -0.2) is 18.6 Å². The summed E-state index contributed by atoms with van der Waals surface area (Å²) in [5.41, 5.74) is -0.963. The summed E-state index contributed by atoms with van der Waals surface area (Å²) in [6.45, 7) is 0. The number of aromatic amines is 1. The predicted octanol–water partition coefficient (Wildman–Crippen LogP) is 4.82. The van der Waals surface area contributed by atoms with Gasteiger partial charge in [-0.3, -0.25) is 4.79 Å². The van der Waals surface area contributed by atoms with Crippen LogP contribution in [0.15, 0.2) is 79.5 Å². The second kappa shape index (κ2) is 7.54. The van der Waals surface area contributed by atoms with Gasteiger partial charge in [0.15, 0.2) is 5.82 Å². The third-order valence-corrected chi connectivity index (χ3v) is 6.71. The molecule has 2 heterocycles. The number of anilines is 2. The molecule has 0 aliphatic heterocycles. The van der Waals surface area contributed by atoms with E-state index < -0.39 is 21.8 Å². The van der Waals surface area contributed by atoms with Crippen LogP contribution in [0, 0.1) is 0 Å². The van der Waals surface area contributed by atoms with Crippen molar-refractivity contribution in [3.63, 3.8) is 0 Å². The lowest BCUT2D eigenvalue weighted by molar-refractivity contribution is -0.137. The smallest absolute Gasteiger partial charge is 0.363 e. The Hall–Kier alpha value is -3.12. The van der Waals surface area contributed by atoms with E-state index in [2.05, 4.69) is 26.1 Å². The fourth-order valence-electron chi connectivity index (χ4n) is 2.93. The topological polar surface area (TPSA) is 96.3 Å². The predicted molar refractivity (Wildman–Crippen MR) is 110 cm³/mol. The van der Waals surface area contributed by atoms with E-state index in [9.17, 15) is 26.4 Å². The van der Waals surface area contributed by atoms with Crippen molar-refractivity contribution >= 4 is 48.4 Å². The number of nitrogens with zero attached hydrogens (tertiary/aromatic N) is 2. The number of H-pyrrole nitrogens is 1. The molecule has 0 saturated heterocycles. The Kier molecular flexibility index (Phi) is 5.13. The van der Waals surface area contributed by atoms with E-state index in [-0.39, 0.29) is 26.4 Å². The van der Waals surface area contributed by atoms with Crippen LogP contribution in [0.5, 0.6) is 0 Å². The lowest BCUT2D eigenvalue weighted by Gasteiger charge is -2.23. The number of benzene rings is 2. The molecule has 0 unspecified atom stereocenters. The molecule has 0 fully saturated rings. The first-order valence-corrected chi connectivity index (χ1v) is 10.8. The van der Waals surface area contributed by atoms with Crippen LogP contribution >= 0.6 is 15.9 Å². The summed E-state index contributed by atoms with van der Waals surface area (Å²) in [5, 5.41) is 4.10. The van der Waals surface area contributed by atoms with E-state index >= 15 is 0 Å². The number of sulfonamides is 1. The van der Waals surface area contributed by atoms with Gasteiger partial charge in [-0.05, 0) is 63.8 Å². The molecule has 0 aliphatic rings. The third-order valence-electron chi connectivity index (χ3n) is 4.36. The van der Waals surface area contributed by atoms with E-state index in [4.69, 9.17) is 4.52 Å². The van der Waals surface area contributed by atoms with Gasteiger partial charge in [0.2, 0.25) is 5.56 Å². The first-order chi connectivity index (χ1) is 14.6. The number of hydrogen-bond donors (Lipinski definition) is 1. The zero-order chi connectivity index (χ0) is 22.4. The van der Waals surface area contributed by atoms with Crippen LogP contribution < -0.4 is 9.86 Å². The molecular formula is C19H11BrF3N3O4S. The average molecular weight is 514 g/mol. The maximum absolute atomic E-state index is 13.5. The van der Waals surface area contributed by atoms with Gasteiger partial charge in [-0.1, -0.05) is 5.16 Å². The SMILES string of the molecule is O=c1ccc2cc(S(=O)(=O)N(c3ccon3)c3ccc(C(F)(F)F)cc3Br)ccc2[nH]1. The van der Waals surface area contributed by atoms with Gasteiger partial charge in [-0.15, -0.1) is 0 Å². The normalized spacial score (nSPS) is 12.3. The summed E-state index contributed by atoms with van der Waals surface area (Å²) in [6.07, 6.45) is -3.46. The maximum Gasteiger partial charge on any atom is 0.416 e. The standard InChI is InChI=1S/C19H11BrF3N3O4S/c20-14-10-12(19(21,22)23)2-5-16(14)26(17-7-8-30-25-17)31(28,29)13-3-4-15-11(9-13)1-6-18(27)24-15/h1-10H,(H,24,27). The number of fused-ring (bicyclic) bond motifs is 1. The summed E-state index contributed by atoms with van der Waals surface area (Å²) in [6, 6.07) is 10.6. The largest absolute Gasteiger partial charge is 0.416 e. The molecule has 0 aliphatic carbocycles. The Morgan fingerprint density at radius 3 is 2.45 bits per heavy atom. The molecule has 31 heavy (non-hydrogen) atoms. The Labute approximate surface area is 181 Å². The number of aromatic nitrogens is 2. The molecule has 0 bridgehead atoms. The fraction of sp³-hybridized carbons (Fsp3) is 0.0526. The molecule has 12 heteroatoms. The molecule has 4 rings (SSSR count). The molecule has 4 aromatic rings. The number of pyridine rings is 1. The van der Waals surface area contributed by atoms with Gasteiger partial charge in [0.25, 0.3) is 10.0 Å². The molecule has 0 saturated carbocycles. The van der Waals surface area contributed by atoms with Crippen molar-refractivity contribution in [2.75, 3.05) is 4.31 Å². The van der Waals surface area contributed by atoms with Gasteiger partial charge >= 0.3 is 6.18 Å². The second-order valence-electron chi connectivity index (χ2n) is 6.36. The highest BCUT2D eigenvalue weighted by Gasteiger charge is 2.34. The zero-order valence-electron chi connectivity index (χ0n) is 15.2. The van der Waals surface area contributed by atoms with E-state index in [1.807, 2.05) is 0 Å². The fourth-order valence-corrected chi connectivity index (χ4v) is 5.09. The number of nitrogens with one attached hydrogen (secondary N) is 1. The van der Waals surface area contributed by atoms with Crippen LogP contribution in [0.25, 0.3) is 10.9 Å². The number of alkyl halides is 3. The van der Waals surface area contributed by atoms with Gasteiger partial charge in [-0.25, -0.2) is 12.7 Å². The summed E-state index contributed by atoms with van der Waals surface area (Å²) in [7, 11) is -4.34. The molecule has 0 amide bonds. The first kappa shape index (κ1) is 21.1. The molecule has 1 N–H and O–H groups in total. The Morgan fingerprint density at radius 1 is 1.03 bits per heavy atom. The van der Waals surface area contributed by atoms with Gasteiger partial charge in [0.05, 0.1) is 16.1 Å². The minimum absolute atomic E-state index is 0.0940. The molecule has 2 aromatic heterocycles. The summed E-state index contributed by atoms with van der Waals surface area (Å²) < 4.78 is 71.6. The van der Waals surface area contributed by atoms with Crippen molar-refractivity contribution in [2.45, 2.75) is 11.1 Å². The van der Waals surface area contributed by atoms with E-state index in [0.29, 0.717) is 10.9 Å². The van der Waals surface area contributed by atoms with Crippen LogP contribution in [0.4, 0.5) is 24.7 Å². The maximum atomic E-state index is 13.5. The van der Waals surface area contributed by atoms with Gasteiger partial charge in [0, 0.05) is 22.1 Å². The second-order valence-corrected chi connectivity index (χ2v) is 9.00. The monoisotopic (exact) mass is 513 g/mol. The highest BCUT2D eigenvalue weighted by molar-refractivity contribution is 9.10. The minimum Gasteiger partial charge on any atom is -0.363 e. The lowest BCUT2D eigenvalue weighted by atomic mass is 10.2. The molecule has 7 nitrogen and oxygen atoms in total. The minimum atomic E-state index is -4.60. The third kappa shape index (κ3) is 3.95. The summed E-state index contributed by atoms with van der Waals surface area (Å²) >= 11 is 3.03. The average Bonchev–Trinajstić information content (AvgIpc) is 3.22. The molecular weight excluding hydrogens is 503 g/mol. The summed E-state index contributed by atoms with van der Waals surface area (Å²) in [4.78, 5) is 13.9. The van der Waals surface area contributed by atoms with Crippen molar-refractivity contribution in [3.05, 3.63) is 81.3 Å². The van der Waals surface area contributed by atoms with Crippen LogP contribution in [0.3, 0.4) is 0 Å². The Morgan fingerprint density at radius 2 is 1.81 bits per heavy atom. The number of hydrogen-bond acceptors (Lipinski definition) is 5. The molecule has 0 atom stereocenters. The highest BCUT2D eigenvalue weighted by atomic mass is 79.9. The molecule has 0 spiro atoms. The van der Waals surface area contributed by atoms with Gasteiger partial charge in [0.1, 0.15) is 6.26 Å². The lowest BCUT2D eigenvalue weighted by Crippen LogP contribution is -2.27. The van der Waals surface area contributed by atoms with Crippen LogP contribution in [0.2, 0.25) is 0 Å².